The fraction of sp³-hybridized carbons (Fsp3) is 0.435. The third-order valence-electron chi connectivity index (χ3n) is 5.71. The first-order valence-electron chi connectivity index (χ1n) is 10.7. The molecule has 2 aromatic carbocycles. The van der Waals surface area contributed by atoms with E-state index in [0.717, 1.165) is 0 Å². The first-order valence-corrected chi connectivity index (χ1v) is 12.2. The number of fused-ring (bicyclic) bond motifs is 1. The lowest BCUT2D eigenvalue weighted by atomic mass is 9.99. The van der Waals surface area contributed by atoms with Gasteiger partial charge in [0.15, 0.2) is 5.75 Å². The number of para-hydroxylation sites is 1. The maximum Gasteiger partial charge on any atom is 0.262 e. The molecule has 0 saturated heterocycles. The molecule has 9 nitrogen and oxygen atoms in total. The van der Waals surface area contributed by atoms with Crippen LogP contribution in [0.3, 0.4) is 0 Å². The van der Waals surface area contributed by atoms with Gasteiger partial charge in [-0.25, -0.2) is 8.42 Å². The molecule has 0 radical (unpaired) electrons. The van der Waals surface area contributed by atoms with Crippen LogP contribution < -0.4 is 19.5 Å². The number of hydrogen-bond donors (Lipinski definition) is 3. The van der Waals surface area contributed by atoms with Crippen LogP contribution in [0.25, 0.3) is 0 Å². The Hall–Kier alpha value is -2.82. The third kappa shape index (κ3) is 5.40. The molecule has 0 bridgehead atoms. The number of carbonyl (C=O) groups is 1. The first-order chi connectivity index (χ1) is 15.7. The Bertz CT molecular complexity index is 1070. The number of nitrogens with zero attached hydrogens (tertiary/aromatic N) is 1. The molecule has 1 aliphatic rings. The van der Waals surface area contributed by atoms with Crippen LogP contribution in [-0.4, -0.2) is 70.3 Å². The highest BCUT2D eigenvalue weighted by Crippen LogP contribution is 2.36. The van der Waals surface area contributed by atoms with Gasteiger partial charge in [-0.1, -0.05) is 13.0 Å². The lowest BCUT2D eigenvalue weighted by Crippen LogP contribution is -2.49. The van der Waals surface area contributed by atoms with Crippen LogP contribution in [0, 0.1) is 5.92 Å². The summed E-state index contributed by atoms with van der Waals surface area (Å²) in [6.45, 7) is 4.44. The van der Waals surface area contributed by atoms with E-state index in [0.29, 0.717) is 18.8 Å². The fourth-order valence-corrected chi connectivity index (χ4v) is 4.79. The van der Waals surface area contributed by atoms with Crippen LogP contribution in [-0.2, 0) is 10.0 Å². The number of ether oxygens (including phenoxy) is 2. The normalized spacial score (nSPS) is 19.7. The van der Waals surface area contributed by atoms with Gasteiger partial charge >= 0.3 is 0 Å². The van der Waals surface area contributed by atoms with Gasteiger partial charge in [-0.2, -0.15) is 0 Å². The van der Waals surface area contributed by atoms with E-state index in [-0.39, 0.29) is 46.4 Å². The summed E-state index contributed by atoms with van der Waals surface area (Å²) in [4.78, 5) is 15.0. The van der Waals surface area contributed by atoms with E-state index >= 15 is 0 Å². The minimum absolute atomic E-state index is 0.0498. The molecule has 33 heavy (non-hydrogen) atoms. The SMILES string of the molecule is CNC[C@@H]1Oc2c(NS(=O)(=O)c3ccc(OC)cc3)cccc2C(=O)N([C@@H](C)CO)C[C@H]1C. The van der Waals surface area contributed by atoms with E-state index in [9.17, 15) is 18.3 Å². The zero-order valence-electron chi connectivity index (χ0n) is 19.2. The van der Waals surface area contributed by atoms with Gasteiger partial charge in [0.1, 0.15) is 11.9 Å². The number of anilines is 1. The highest BCUT2D eigenvalue weighted by molar-refractivity contribution is 7.92. The van der Waals surface area contributed by atoms with E-state index < -0.39 is 16.1 Å². The number of nitrogens with one attached hydrogen (secondary N) is 2. The van der Waals surface area contributed by atoms with Gasteiger partial charge < -0.3 is 24.8 Å². The molecule has 0 aromatic heterocycles. The number of sulfonamides is 1. The van der Waals surface area contributed by atoms with Crippen LogP contribution in [0.2, 0.25) is 0 Å². The molecule has 0 unspecified atom stereocenters. The zero-order valence-corrected chi connectivity index (χ0v) is 20.1. The molecule has 0 fully saturated rings. The standard InChI is InChI=1S/C23H31N3O6S/c1-15-13-26(16(2)14-27)23(28)19-6-5-7-20(22(19)32-21(15)12-24-3)25-33(29,30)18-10-8-17(31-4)9-11-18/h5-11,15-16,21,24-25,27H,12-14H2,1-4H3/t15-,16+,21+/m1/s1. The van der Waals surface area contributed by atoms with Crippen LogP contribution in [0.1, 0.15) is 24.2 Å². The van der Waals surface area contributed by atoms with E-state index in [2.05, 4.69) is 10.0 Å². The van der Waals surface area contributed by atoms with Crippen molar-refractivity contribution in [2.75, 3.05) is 38.6 Å². The van der Waals surface area contributed by atoms with Crippen molar-refractivity contribution in [1.29, 1.82) is 0 Å². The van der Waals surface area contributed by atoms with Gasteiger partial charge in [0.05, 0.1) is 35.9 Å². The van der Waals surface area contributed by atoms with Crippen molar-refractivity contribution >= 4 is 21.6 Å². The van der Waals surface area contributed by atoms with Gasteiger partial charge in [0.25, 0.3) is 15.9 Å². The van der Waals surface area contributed by atoms with Crippen molar-refractivity contribution in [3.05, 3.63) is 48.0 Å². The maximum absolute atomic E-state index is 13.4. The van der Waals surface area contributed by atoms with E-state index in [1.807, 2.05) is 6.92 Å². The summed E-state index contributed by atoms with van der Waals surface area (Å²) in [7, 11) is -0.654. The van der Waals surface area contributed by atoms with E-state index in [1.165, 1.54) is 19.2 Å². The van der Waals surface area contributed by atoms with Crippen molar-refractivity contribution in [3.63, 3.8) is 0 Å². The van der Waals surface area contributed by atoms with Gasteiger partial charge in [-0.05, 0) is 50.4 Å². The molecule has 0 saturated carbocycles. The summed E-state index contributed by atoms with van der Waals surface area (Å²) >= 11 is 0. The highest BCUT2D eigenvalue weighted by Gasteiger charge is 2.34. The Balaban J connectivity index is 2.06. The van der Waals surface area contributed by atoms with E-state index in [4.69, 9.17) is 9.47 Å². The molecule has 180 valence electrons. The van der Waals surface area contributed by atoms with Crippen LogP contribution in [0.15, 0.2) is 47.4 Å². The Kier molecular flexibility index (Phi) is 7.83. The van der Waals surface area contributed by atoms with Crippen molar-refractivity contribution in [2.45, 2.75) is 30.9 Å². The molecule has 3 N–H and O–H groups in total. The lowest BCUT2D eigenvalue weighted by Gasteiger charge is -2.37. The number of rotatable bonds is 8. The van der Waals surface area contributed by atoms with Crippen molar-refractivity contribution < 1.29 is 27.8 Å². The number of likely N-dealkylation sites (N-methyl/N-ethyl adjacent to an activating group) is 1. The van der Waals surface area contributed by atoms with Gasteiger partial charge in [-0.3, -0.25) is 9.52 Å². The summed E-state index contributed by atoms with van der Waals surface area (Å²) < 4.78 is 40.0. The Labute approximate surface area is 194 Å². The molecular weight excluding hydrogens is 446 g/mol. The molecular formula is C23H31N3O6S. The topological polar surface area (TPSA) is 117 Å². The molecule has 0 spiro atoms. The minimum Gasteiger partial charge on any atom is -0.497 e. The fourth-order valence-electron chi connectivity index (χ4n) is 3.73. The number of aliphatic hydroxyl groups is 1. The van der Waals surface area contributed by atoms with Gasteiger partial charge in [0.2, 0.25) is 0 Å². The summed E-state index contributed by atoms with van der Waals surface area (Å²) in [6.07, 6.45) is -0.332. The Morgan fingerprint density at radius 1 is 1.24 bits per heavy atom. The van der Waals surface area contributed by atoms with Crippen molar-refractivity contribution in [3.8, 4) is 11.5 Å². The van der Waals surface area contributed by atoms with Gasteiger partial charge in [-0.15, -0.1) is 0 Å². The quantitative estimate of drug-likeness (QED) is 0.532. The van der Waals surface area contributed by atoms with Gasteiger partial charge in [0, 0.05) is 19.0 Å². The Morgan fingerprint density at radius 2 is 1.94 bits per heavy atom. The van der Waals surface area contributed by atoms with Crippen LogP contribution in [0.4, 0.5) is 5.69 Å². The maximum atomic E-state index is 13.4. The number of carbonyl (C=O) groups excluding carboxylic acids is 1. The second-order valence-electron chi connectivity index (χ2n) is 8.14. The van der Waals surface area contributed by atoms with Crippen LogP contribution in [0.5, 0.6) is 11.5 Å². The zero-order chi connectivity index (χ0) is 24.2. The average Bonchev–Trinajstić information content (AvgIpc) is 2.81. The number of aliphatic hydroxyl groups excluding tert-OH is 1. The number of benzene rings is 2. The molecule has 2 aromatic rings. The average molecular weight is 478 g/mol. The summed E-state index contributed by atoms with van der Waals surface area (Å²) in [5.41, 5.74) is 0.404. The predicted molar refractivity (Wildman–Crippen MR) is 125 cm³/mol. The van der Waals surface area contributed by atoms with Crippen molar-refractivity contribution in [1.82, 2.24) is 10.2 Å². The van der Waals surface area contributed by atoms with Crippen LogP contribution >= 0.6 is 0 Å². The molecule has 3 atom stereocenters. The Morgan fingerprint density at radius 3 is 2.55 bits per heavy atom. The lowest BCUT2D eigenvalue weighted by molar-refractivity contribution is 0.0417. The number of methoxy groups -OCH3 is 1. The second kappa shape index (κ2) is 10.4. The molecule has 10 heteroatoms. The van der Waals surface area contributed by atoms with Crippen molar-refractivity contribution in [2.24, 2.45) is 5.92 Å². The summed E-state index contributed by atoms with van der Waals surface area (Å²) in [6, 6.07) is 10.4. The number of amides is 1. The predicted octanol–water partition coefficient (Wildman–Crippen LogP) is 1.94. The molecule has 1 aliphatic heterocycles. The molecule has 1 amide bonds. The number of hydrogen-bond acceptors (Lipinski definition) is 7. The first kappa shape index (κ1) is 24.8. The monoisotopic (exact) mass is 477 g/mol. The molecule has 0 aliphatic carbocycles. The molecule has 1 heterocycles. The van der Waals surface area contributed by atoms with E-state index in [1.54, 1.807) is 49.2 Å². The smallest absolute Gasteiger partial charge is 0.262 e. The summed E-state index contributed by atoms with van der Waals surface area (Å²) in [5.74, 6) is 0.304. The third-order valence-corrected chi connectivity index (χ3v) is 7.09. The second-order valence-corrected chi connectivity index (χ2v) is 9.83. The highest BCUT2D eigenvalue weighted by atomic mass is 32.2. The largest absolute Gasteiger partial charge is 0.497 e. The minimum atomic E-state index is -3.95. The molecule has 3 rings (SSSR count). The summed E-state index contributed by atoms with van der Waals surface area (Å²) in [5, 5.41) is 12.8.